The van der Waals surface area contributed by atoms with Crippen LogP contribution in [0.25, 0.3) is 0 Å². The third-order valence-corrected chi connectivity index (χ3v) is 5.31. The summed E-state index contributed by atoms with van der Waals surface area (Å²) >= 11 is 2.83. The van der Waals surface area contributed by atoms with Crippen LogP contribution in [0.4, 0.5) is 15.1 Å². The van der Waals surface area contributed by atoms with Crippen LogP contribution in [0.5, 0.6) is 0 Å². The van der Waals surface area contributed by atoms with Gasteiger partial charge in [-0.25, -0.2) is 14.8 Å². The number of carbonyl (C=O) groups is 2. The smallest absolute Gasteiger partial charge is 0.413 e. The Kier molecular flexibility index (Phi) is 5.07. The van der Waals surface area contributed by atoms with E-state index >= 15 is 0 Å². The number of nitrogens with zero attached hydrogens (tertiary/aromatic N) is 3. The van der Waals surface area contributed by atoms with E-state index in [2.05, 4.69) is 30.2 Å². The average molecular weight is 367 g/mol. The van der Waals surface area contributed by atoms with Gasteiger partial charge < -0.3 is 10.1 Å². The van der Waals surface area contributed by atoms with E-state index in [1.807, 2.05) is 12.3 Å². The molecule has 0 spiro atoms. The van der Waals surface area contributed by atoms with Gasteiger partial charge in [0.15, 0.2) is 10.3 Å². The van der Waals surface area contributed by atoms with E-state index in [4.69, 9.17) is 0 Å². The quantitative estimate of drug-likeness (QED) is 0.859. The van der Waals surface area contributed by atoms with Crippen molar-refractivity contribution in [2.75, 3.05) is 30.8 Å². The first-order valence-electron chi connectivity index (χ1n) is 7.31. The highest BCUT2D eigenvalue weighted by molar-refractivity contribution is 7.15. The number of amides is 2. The average Bonchev–Trinajstić information content (AvgIpc) is 3.12. The van der Waals surface area contributed by atoms with Gasteiger partial charge in [0, 0.05) is 29.8 Å². The molecule has 0 radical (unpaired) electrons. The number of fused-ring (bicyclic) bond motifs is 1. The van der Waals surface area contributed by atoms with E-state index in [1.165, 1.54) is 29.8 Å². The van der Waals surface area contributed by atoms with Crippen LogP contribution in [0, 0.1) is 6.92 Å². The minimum absolute atomic E-state index is 0.0785. The molecule has 0 aromatic carbocycles. The third-order valence-electron chi connectivity index (χ3n) is 3.44. The van der Waals surface area contributed by atoms with Crippen LogP contribution in [-0.2, 0) is 22.5 Å². The van der Waals surface area contributed by atoms with Gasteiger partial charge in [-0.2, -0.15) is 0 Å². The Bertz CT molecular complexity index is 757. The van der Waals surface area contributed by atoms with Crippen molar-refractivity contribution in [1.29, 1.82) is 0 Å². The number of carbonyl (C=O) groups excluding carboxylic acids is 2. The zero-order valence-corrected chi connectivity index (χ0v) is 14.9. The van der Waals surface area contributed by atoms with Gasteiger partial charge in [0.2, 0.25) is 5.91 Å². The molecule has 128 valence electrons. The maximum atomic E-state index is 12.1. The fourth-order valence-corrected chi connectivity index (χ4v) is 4.09. The number of thiazole rings is 2. The molecule has 0 unspecified atom stereocenters. The number of rotatable bonds is 4. The molecule has 0 saturated heterocycles. The molecule has 2 aromatic rings. The summed E-state index contributed by atoms with van der Waals surface area (Å²) in [6.45, 7) is 3.58. The summed E-state index contributed by atoms with van der Waals surface area (Å²) in [6, 6.07) is 0. The number of ether oxygens (including phenoxy) is 1. The molecule has 1 aliphatic heterocycles. The van der Waals surface area contributed by atoms with Crippen LogP contribution in [0.2, 0.25) is 0 Å². The summed E-state index contributed by atoms with van der Waals surface area (Å²) in [6.07, 6.45) is 0.217. The van der Waals surface area contributed by atoms with Crippen molar-refractivity contribution >= 4 is 44.9 Å². The summed E-state index contributed by atoms with van der Waals surface area (Å²) in [4.78, 5) is 35.1. The van der Waals surface area contributed by atoms with Crippen molar-refractivity contribution in [2.45, 2.75) is 19.9 Å². The number of methoxy groups -OCH3 is 1. The Morgan fingerprint density at radius 2 is 2.17 bits per heavy atom. The molecule has 10 heteroatoms. The van der Waals surface area contributed by atoms with E-state index < -0.39 is 6.09 Å². The normalized spacial score (nSPS) is 14.1. The van der Waals surface area contributed by atoms with Crippen LogP contribution in [-0.4, -0.2) is 47.1 Å². The summed E-state index contributed by atoms with van der Waals surface area (Å²) in [5.74, 6) is -0.0785. The Morgan fingerprint density at radius 1 is 1.33 bits per heavy atom. The Labute approximate surface area is 146 Å². The lowest BCUT2D eigenvalue weighted by molar-refractivity contribution is -0.117. The number of hydrogen-bond acceptors (Lipinski definition) is 8. The third kappa shape index (κ3) is 4.08. The van der Waals surface area contributed by atoms with E-state index in [0.717, 1.165) is 29.2 Å². The first-order chi connectivity index (χ1) is 11.5. The van der Waals surface area contributed by atoms with E-state index in [9.17, 15) is 9.59 Å². The Balaban J connectivity index is 1.56. The molecule has 2 N–H and O–H groups in total. The lowest BCUT2D eigenvalue weighted by atomic mass is 10.2. The zero-order valence-electron chi connectivity index (χ0n) is 13.3. The van der Waals surface area contributed by atoms with Gasteiger partial charge in [0.25, 0.3) is 0 Å². The van der Waals surface area contributed by atoms with Crippen molar-refractivity contribution in [3.05, 3.63) is 21.6 Å². The molecule has 0 saturated carbocycles. The zero-order chi connectivity index (χ0) is 17.1. The maximum Gasteiger partial charge on any atom is 0.413 e. The van der Waals surface area contributed by atoms with E-state index in [1.54, 1.807) is 0 Å². The molecule has 0 fully saturated rings. The van der Waals surface area contributed by atoms with Crippen LogP contribution < -0.4 is 10.6 Å². The first-order valence-corrected chi connectivity index (χ1v) is 9.01. The predicted octanol–water partition coefficient (Wildman–Crippen LogP) is 2.08. The van der Waals surface area contributed by atoms with Gasteiger partial charge in [-0.05, 0) is 6.92 Å². The van der Waals surface area contributed by atoms with Crippen LogP contribution in [0.3, 0.4) is 0 Å². The van der Waals surface area contributed by atoms with Gasteiger partial charge in [-0.1, -0.05) is 11.3 Å². The summed E-state index contributed by atoms with van der Waals surface area (Å²) in [5, 5.41) is 8.44. The fraction of sp³-hybridized carbons (Fsp3) is 0.429. The standard InChI is InChI=1S/C14H17N5O3S2/c1-8-7-23-12(15-8)17-11(20)6-19-4-3-9-10(5-19)24-13(16-9)18-14(21)22-2/h7H,3-6H2,1-2H3,(H,15,17,20)(H,16,18,21). The van der Waals surface area contributed by atoms with Crippen molar-refractivity contribution in [1.82, 2.24) is 14.9 Å². The van der Waals surface area contributed by atoms with Gasteiger partial charge in [0.1, 0.15) is 0 Å². The number of aryl methyl sites for hydroxylation is 1. The number of anilines is 2. The van der Waals surface area contributed by atoms with E-state index in [-0.39, 0.29) is 5.91 Å². The summed E-state index contributed by atoms with van der Waals surface area (Å²) in [7, 11) is 1.31. The second-order valence-corrected chi connectivity index (χ2v) is 7.25. The minimum Gasteiger partial charge on any atom is -0.453 e. The molecule has 2 aromatic heterocycles. The minimum atomic E-state index is -0.531. The molecular formula is C14H17N5O3S2. The highest BCUT2D eigenvalue weighted by Crippen LogP contribution is 2.28. The van der Waals surface area contributed by atoms with Crippen molar-refractivity contribution in [3.63, 3.8) is 0 Å². The molecule has 0 atom stereocenters. The highest BCUT2D eigenvalue weighted by atomic mass is 32.1. The van der Waals surface area contributed by atoms with Crippen molar-refractivity contribution < 1.29 is 14.3 Å². The Morgan fingerprint density at radius 3 is 2.88 bits per heavy atom. The molecule has 2 amide bonds. The summed E-state index contributed by atoms with van der Waals surface area (Å²) in [5.41, 5.74) is 1.87. The highest BCUT2D eigenvalue weighted by Gasteiger charge is 2.23. The van der Waals surface area contributed by atoms with Gasteiger partial charge >= 0.3 is 6.09 Å². The summed E-state index contributed by atoms with van der Waals surface area (Å²) < 4.78 is 4.57. The molecule has 1 aliphatic rings. The molecule has 0 bridgehead atoms. The van der Waals surface area contributed by atoms with Crippen molar-refractivity contribution in [2.24, 2.45) is 0 Å². The molecule has 0 aliphatic carbocycles. The Hall–Kier alpha value is -2.04. The van der Waals surface area contributed by atoms with Gasteiger partial charge in [-0.15, -0.1) is 11.3 Å². The lowest BCUT2D eigenvalue weighted by Crippen LogP contribution is -2.36. The predicted molar refractivity (Wildman–Crippen MR) is 92.6 cm³/mol. The number of aromatic nitrogens is 2. The number of nitrogens with one attached hydrogen (secondary N) is 2. The topological polar surface area (TPSA) is 96.5 Å². The maximum absolute atomic E-state index is 12.1. The second-order valence-electron chi connectivity index (χ2n) is 5.31. The second kappa shape index (κ2) is 7.24. The molecule has 24 heavy (non-hydrogen) atoms. The SMILES string of the molecule is COC(=O)Nc1nc2c(s1)CN(CC(=O)Nc1nc(C)cs1)CC2. The van der Waals surface area contributed by atoms with Crippen molar-refractivity contribution in [3.8, 4) is 0 Å². The van der Waals surface area contributed by atoms with Crippen LogP contribution >= 0.6 is 22.7 Å². The molecule has 8 nitrogen and oxygen atoms in total. The molecule has 3 heterocycles. The number of hydrogen-bond donors (Lipinski definition) is 2. The van der Waals surface area contributed by atoms with Gasteiger partial charge in [0.05, 0.1) is 25.0 Å². The largest absolute Gasteiger partial charge is 0.453 e. The molecule has 3 rings (SSSR count). The fourth-order valence-electron chi connectivity index (χ4n) is 2.35. The molecular weight excluding hydrogens is 350 g/mol. The van der Waals surface area contributed by atoms with Gasteiger partial charge in [-0.3, -0.25) is 15.0 Å². The monoisotopic (exact) mass is 367 g/mol. The lowest BCUT2D eigenvalue weighted by Gasteiger charge is -2.24. The first kappa shape index (κ1) is 16.8. The van der Waals surface area contributed by atoms with E-state index in [0.29, 0.717) is 23.4 Å². The van der Waals surface area contributed by atoms with Crippen LogP contribution in [0.15, 0.2) is 5.38 Å². The van der Waals surface area contributed by atoms with Crippen LogP contribution in [0.1, 0.15) is 16.3 Å².